The largest absolute Gasteiger partial charge is 0.383 e. The van der Waals surface area contributed by atoms with Crippen molar-refractivity contribution in [2.24, 2.45) is 5.92 Å². The molecule has 0 radical (unpaired) electrons. The van der Waals surface area contributed by atoms with Crippen molar-refractivity contribution in [1.29, 1.82) is 0 Å². The Kier molecular flexibility index (Phi) is 4.73. The molecule has 17 heavy (non-hydrogen) atoms. The SMILES string of the molecule is CN(CCOCC1CC1)C(=O)C(F)(F)C(F)F. The molecule has 0 aromatic rings. The lowest BCUT2D eigenvalue weighted by atomic mass is 10.3. The van der Waals surface area contributed by atoms with Crippen molar-refractivity contribution in [3.8, 4) is 0 Å². The molecule has 1 aliphatic rings. The molecule has 0 bridgehead atoms. The van der Waals surface area contributed by atoms with E-state index in [1.807, 2.05) is 0 Å². The highest BCUT2D eigenvalue weighted by Gasteiger charge is 2.50. The molecule has 1 aliphatic carbocycles. The summed E-state index contributed by atoms with van der Waals surface area (Å²) in [5, 5.41) is 0. The highest BCUT2D eigenvalue weighted by molar-refractivity contribution is 5.83. The molecule has 0 N–H and O–H groups in total. The van der Waals surface area contributed by atoms with Gasteiger partial charge in [-0.05, 0) is 18.8 Å². The van der Waals surface area contributed by atoms with Crippen molar-refractivity contribution in [1.82, 2.24) is 4.90 Å². The molecule has 0 heterocycles. The van der Waals surface area contributed by atoms with Gasteiger partial charge in [-0.2, -0.15) is 8.78 Å². The maximum atomic E-state index is 12.7. The summed E-state index contributed by atoms with van der Waals surface area (Å²) in [6.45, 7) is 0.499. The molecule has 0 aromatic heterocycles. The Morgan fingerprint density at radius 3 is 2.53 bits per heavy atom. The van der Waals surface area contributed by atoms with Gasteiger partial charge in [0.05, 0.1) is 6.61 Å². The van der Waals surface area contributed by atoms with Crippen LogP contribution < -0.4 is 0 Å². The third kappa shape index (κ3) is 4.14. The molecule has 0 aromatic carbocycles. The summed E-state index contributed by atoms with van der Waals surface area (Å²) in [4.78, 5) is 11.6. The van der Waals surface area contributed by atoms with Crippen LogP contribution in [-0.4, -0.2) is 50.0 Å². The van der Waals surface area contributed by atoms with Gasteiger partial charge in [0.2, 0.25) is 0 Å². The number of nitrogens with zero attached hydrogens (tertiary/aromatic N) is 1. The van der Waals surface area contributed by atoms with E-state index >= 15 is 0 Å². The normalized spacial score (nSPS) is 16.4. The van der Waals surface area contributed by atoms with Crippen molar-refractivity contribution in [2.45, 2.75) is 25.2 Å². The van der Waals surface area contributed by atoms with E-state index in [1.54, 1.807) is 0 Å². The lowest BCUT2D eigenvalue weighted by molar-refractivity contribution is -0.179. The number of hydrogen-bond acceptors (Lipinski definition) is 2. The number of ether oxygens (including phenoxy) is 1. The van der Waals surface area contributed by atoms with Gasteiger partial charge in [0.25, 0.3) is 5.91 Å². The van der Waals surface area contributed by atoms with Crippen LogP contribution in [0.2, 0.25) is 0 Å². The highest BCUT2D eigenvalue weighted by atomic mass is 19.3. The second-order valence-electron chi connectivity index (χ2n) is 4.17. The topological polar surface area (TPSA) is 29.5 Å². The minimum Gasteiger partial charge on any atom is -0.379 e. The molecular formula is C10H15F4NO2. The van der Waals surface area contributed by atoms with Gasteiger partial charge in [-0.15, -0.1) is 0 Å². The Balaban J connectivity index is 2.25. The fraction of sp³-hybridized carbons (Fsp3) is 0.900. The van der Waals surface area contributed by atoms with Crippen LogP contribution in [0.15, 0.2) is 0 Å². The maximum Gasteiger partial charge on any atom is 0.383 e. The van der Waals surface area contributed by atoms with Crippen LogP contribution in [0.3, 0.4) is 0 Å². The minimum absolute atomic E-state index is 0.0814. The number of halogens is 4. The smallest absolute Gasteiger partial charge is 0.379 e. The van der Waals surface area contributed by atoms with Crippen LogP contribution in [0, 0.1) is 5.92 Å². The fourth-order valence-corrected chi connectivity index (χ4v) is 1.19. The molecule has 3 nitrogen and oxygen atoms in total. The fourth-order valence-electron chi connectivity index (χ4n) is 1.19. The van der Waals surface area contributed by atoms with Crippen molar-refractivity contribution in [3.63, 3.8) is 0 Å². The molecule has 1 rings (SSSR count). The van der Waals surface area contributed by atoms with Gasteiger partial charge in [0, 0.05) is 20.2 Å². The van der Waals surface area contributed by atoms with E-state index in [2.05, 4.69) is 0 Å². The highest BCUT2D eigenvalue weighted by Crippen LogP contribution is 2.28. The van der Waals surface area contributed by atoms with Crippen molar-refractivity contribution in [2.75, 3.05) is 26.8 Å². The zero-order chi connectivity index (χ0) is 13.1. The molecular weight excluding hydrogens is 242 g/mol. The van der Waals surface area contributed by atoms with E-state index in [4.69, 9.17) is 4.74 Å². The van der Waals surface area contributed by atoms with Gasteiger partial charge < -0.3 is 9.64 Å². The monoisotopic (exact) mass is 257 g/mol. The summed E-state index contributed by atoms with van der Waals surface area (Å²) >= 11 is 0. The Bertz CT molecular complexity index is 269. The predicted octanol–water partition coefficient (Wildman–Crippen LogP) is 1.77. The van der Waals surface area contributed by atoms with Crippen LogP contribution in [0.5, 0.6) is 0 Å². The molecule has 1 saturated carbocycles. The standard InChI is InChI=1S/C10H15F4NO2/c1-15(4-5-17-6-7-2-3-7)9(16)10(13,14)8(11)12/h7-8H,2-6H2,1H3. The zero-order valence-corrected chi connectivity index (χ0v) is 9.47. The van der Waals surface area contributed by atoms with E-state index in [0.29, 0.717) is 17.4 Å². The average molecular weight is 257 g/mol. The number of carbonyl (C=O) groups excluding carboxylic acids is 1. The molecule has 7 heteroatoms. The van der Waals surface area contributed by atoms with Crippen LogP contribution in [-0.2, 0) is 9.53 Å². The maximum absolute atomic E-state index is 12.7. The third-order valence-electron chi connectivity index (χ3n) is 2.53. The summed E-state index contributed by atoms with van der Waals surface area (Å²) < 4.78 is 54.2. The lowest BCUT2D eigenvalue weighted by Crippen LogP contribution is -2.47. The Morgan fingerprint density at radius 2 is 2.06 bits per heavy atom. The van der Waals surface area contributed by atoms with Crippen molar-refractivity contribution >= 4 is 5.91 Å². The second kappa shape index (κ2) is 5.66. The van der Waals surface area contributed by atoms with Crippen LogP contribution in [0.25, 0.3) is 0 Å². The van der Waals surface area contributed by atoms with E-state index in [-0.39, 0.29) is 13.2 Å². The molecule has 100 valence electrons. The first kappa shape index (κ1) is 14.2. The van der Waals surface area contributed by atoms with Crippen molar-refractivity contribution in [3.05, 3.63) is 0 Å². The van der Waals surface area contributed by atoms with E-state index < -0.39 is 18.3 Å². The Labute approximate surface area is 96.7 Å². The third-order valence-corrected chi connectivity index (χ3v) is 2.53. The van der Waals surface area contributed by atoms with Gasteiger partial charge in [-0.3, -0.25) is 4.79 Å². The predicted molar refractivity (Wildman–Crippen MR) is 52.1 cm³/mol. The molecule has 0 spiro atoms. The van der Waals surface area contributed by atoms with Gasteiger partial charge in [0.15, 0.2) is 0 Å². The first-order valence-electron chi connectivity index (χ1n) is 5.35. The minimum atomic E-state index is -4.62. The number of amides is 1. The first-order valence-corrected chi connectivity index (χ1v) is 5.35. The van der Waals surface area contributed by atoms with Gasteiger partial charge >= 0.3 is 12.3 Å². The van der Waals surface area contributed by atoms with E-state index in [9.17, 15) is 22.4 Å². The van der Waals surface area contributed by atoms with Gasteiger partial charge in [0.1, 0.15) is 0 Å². The number of rotatable bonds is 7. The zero-order valence-electron chi connectivity index (χ0n) is 9.47. The number of likely N-dealkylation sites (N-methyl/N-ethyl adjacent to an activating group) is 1. The Hall–Kier alpha value is -0.850. The average Bonchev–Trinajstić information content (AvgIpc) is 3.06. The Morgan fingerprint density at radius 1 is 1.47 bits per heavy atom. The van der Waals surface area contributed by atoms with Gasteiger partial charge in [-0.25, -0.2) is 8.78 Å². The molecule has 0 unspecified atom stereocenters. The van der Waals surface area contributed by atoms with Crippen LogP contribution in [0.4, 0.5) is 17.6 Å². The molecule has 0 saturated heterocycles. The lowest BCUT2D eigenvalue weighted by Gasteiger charge is -2.22. The van der Waals surface area contributed by atoms with Crippen LogP contribution in [0.1, 0.15) is 12.8 Å². The molecule has 1 amide bonds. The number of carbonyl (C=O) groups is 1. The van der Waals surface area contributed by atoms with E-state index in [0.717, 1.165) is 19.9 Å². The molecule has 0 atom stereocenters. The summed E-state index contributed by atoms with van der Waals surface area (Å²) in [6.07, 6.45) is -1.79. The molecule has 1 fully saturated rings. The summed E-state index contributed by atoms with van der Waals surface area (Å²) in [5.41, 5.74) is 0. The summed E-state index contributed by atoms with van der Waals surface area (Å²) in [5.74, 6) is -5.97. The van der Waals surface area contributed by atoms with Crippen molar-refractivity contribution < 1.29 is 27.1 Å². The van der Waals surface area contributed by atoms with Crippen LogP contribution >= 0.6 is 0 Å². The second-order valence-corrected chi connectivity index (χ2v) is 4.17. The summed E-state index contributed by atoms with van der Waals surface area (Å²) in [7, 11) is 1.05. The number of hydrogen-bond donors (Lipinski definition) is 0. The number of alkyl halides is 4. The first-order chi connectivity index (χ1) is 7.85. The quantitative estimate of drug-likeness (QED) is 0.514. The summed E-state index contributed by atoms with van der Waals surface area (Å²) in [6, 6.07) is 0. The van der Waals surface area contributed by atoms with E-state index in [1.165, 1.54) is 0 Å². The molecule has 0 aliphatic heterocycles. The van der Waals surface area contributed by atoms with Gasteiger partial charge in [-0.1, -0.05) is 0 Å².